The second-order valence-corrected chi connectivity index (χ2v) is 7.11. The third-order valence-corrected chi connectivity index (χ3v) is 4.85. The molecule has 0 bridgehead atoms. The quantitative estimate of drug-likeness (QED) is 0.780. The van der Waals surface area contributed by atoms with Crippen molar-refractivity contribution in [3.8, 4) is 0 Å². The van der Waals surface area contributed by atoms with Crippen LogP contribution < -0.4 is 15.5 Å². The number of para-hydroxylation sites is 1. The van der Waals surface area contributed by atoms with Gasteiger partial charge in [0.15, 0.2) is 0 Å². The Labute approximate surface area is 168 Å². The van der Waals surface area contributed by atoms with E-state index in [0.717, 1.165) is 6.42 Å². The van der Waals surface area contributed by atoms with Gasteiger partial charge in [0.2, 0.25) is 11.8 Å². The molecule has 0 aromatic heterocycles. The van der Waals surface area contributed by atoms with Crippen molar-refractivity contribution in [2.75, 3.05) is 23.3 Å². The second-order valence-electron chi connectivity index (χ2n) is 6.67. The third-order valence-electron chi connectivity index (χ3n) is 4.60. The molecule has 0 saturated carbocycles. The molecule has 1 aliphatic heterocycles. The molecule has 0 aliphatic carbocycles. The minimum absolute atomic E-state index is 0.114. The van der Waals surface area contributed by atoms with E-state index in [4.69, 9.17) is 11.6 Å². The second kappa shape index (κ2) is 8.89. The van der Waals surface area contributed by atoms with Crippen molar-refractivity contribution in [3.05, 3.63) is 59.1 Å². The SMILES string of the molecule is CCCNC(=O)c1ccccc1NC(=O)[C@H]1CC(=O)N(c2ccc(Cl)cc2)C1. The van der Waals surface area contributed by atoms with Crippen molar-refractivity contribution in [2.24, 2.45) is 5.92 Å². The lowest BCUT2D eigenvalue weighted by atomic mass is 10.1. The van der Waals surface area contributed by atoms with Crippen LogP contribution in [0.5, 0.6) is 0 Å². The Morgan fingerprint density at radius 1 is 1.14 bits per heavy atom. The average molecular weight is 400 g/mol. The Kier molecular flexibility index (Phi) is 6.31. The molecule has 1 saturated heterocycles. The average Bonchev–Trinajstić information content (AvgIpc) is 3.09. The van der Waals surface area contributed by atoms with Gasteiger partial charge < -0.3 is 15.5 Å². The summed E-state index contributed by atoms with van der Waals surface area (Å²) in [5, 5.41) is 6.21. The summed E-state index contributed by atoms with van der Waals surface area (Å²) in [4.78, 5) is 39.0. The molecule has 6 nitrogen and oxygen atoms in total. The van der Waals surface area contributed by atoms with E-state index in [2.05, 4.69) is 10.6 Å². The highest BCUT2D eigenvalue weighted by Gasteiger charge is 2.35. The van der Waals surface area contributed by atoms with Crippen LogP contribution in [0.2, 0.25) is 5.02 Å². The molecule has 1 aliphatic rings. The summed E-state index contributed by atoms with van der Waals surface area (Å²) < 4.78 is 0. The lowest BCUT2D eigenvalue weighted by Gasteiger charge is -2.17. The lowest BCUT2D eigenvalue weighted by Crippen LogP contribution is -2.29. The molecule has 0 radical (unpaired) electrons. The molecule has 146 valence electrons. The first-order chi connectivity index (χ1) is 13.5. The number of carbonyl (C=O) groups excluding carboxylic acids is 3. The Bertz CT molecular complexity index is 883. The van der Waals surface area contributed by atoms with Crippen molar-refractivity contribution >= 4 is 40.7 Å². The number of anilines is 2. The molecule has 7 heteroatoms. The molecule has 2 N–H and O–H groups in total. The minimum atomic E-state index is -0.491. The van der Waals surface area contributed by atoms with Crippen LogP contribution in [-0.4, -0.2) is 30.8 Å². The van der Waals surface area contributed by atoms with E-state index < -0.39 is 5.92 Å². The lowest BCUT2D eigenvalue weighted by molar-refractivity contribution is -0.122. The summed E-state index contributed by atoms with van der Waals surface area (Å²) in [5.41, 5.74) is 1.56. The van der Waals surface area contributed by atoms with Crippen molar-refractivity contribution in [1.29, 1.82) is 0 Å². The Morgan fingerprint density at radius 2 is 1.86 bits per heavy atom. The molecule has 28 heavy (non-hydrogen) atoms. The van der Waals surface area contributed by atoms with Crippen molar-refractivity contribution < 1.29 is 14.4 Å². The fourth-order valence-corrected chi connectivity index (χ4v) is 3.24. The predicted octanol–water partition coefficient (Wildman–Crippen LogP) is 3.47. The van der Waals surface area contributed by atoms with Gasteiger partial charge in [-0.3, -0.25) is 14.4 Å². The number of hydrogen-bond donors (Lipinski definition) is 2. The standard InChI is InChI=1S/C21H22ClN3O3/c1-2-11-23-21(28)17-5-3-4-6-18(17)24-20(27)14-12-19(26)25(13-14)16-9-7-15(22)8-10-16/h3-10,14H,2,11-13H2,1H3,(H,23,28)(H,24,27)/t14-/m0/s1. The number of hydrogen-bond acceptors (Lipinski definition) is 3. The first-order valence-corrected chi connectivity index (χ1v) is 9.61. The first kappa shape index (κ1) is 19.9. The topological polar surface area (TPSA) is 78.5 Å². The summed E-state index contributed by atoms with van der Waals surface area (Å²) in [7, 11) is 0. The summed E-state index contributed by atoms with van der Waals surface area (Å²) in [6, 6.07) is 13.8. The Balaban J connectivity index is 1.70. The number of rotatable bonds is 6. The van der Waals surface area contributed by atoms with Crippen LogP contribution in [-0.2, 0) is 9.59 Å². The highest BCUT2D eigenvalue weighted by atomic mass is 35.5. The normalized spacial score (nSPS) is 16.1. The van der Waals surface area contributed by atoms with Gasteiger partial charge in [0, 0.05) is 30.2 Å². The van der Waals surface area contributed by atoms with Crippen LogP contribution in [0.15, 0.2) is 48.5 Å². The van der Waals surface area contributed by atoms with E-state index >= 15 is 0 Å². The maximum absolute atomic E-state index is 12.7. The van der Waals surface area contributed by atoms with E-state index in [0.29, 0.717) is 28.5 Å². The Hall–Kier alpha value is -2.86. The minimum Gasteiger partial charge on any atom is -0.352 e. The van der Waals surface area contributed by atoms with Gasteiger partial charge in [-0.05, 0) is 42.8 Å². The van der Waals surface area contributed by atoms with Gasteiger partial charge in [-0.25, -0.2) is 0 Å². The van der Waals surface area contributed by atoms with E-state index in [1.807, 2.05) is 6.92 Å². The molecule has 3 amide bonds. The first-order valence-electron chi connectivity index (χ1n) is 9.23. The maximum atomic E-state index is 12.7. The van der Waals surface area contributed by atoms with Crippen molar-refractivity contribution in [3.63, 3.8) is 0 Å². The van der Waals surface area contributed by atoms with Crippen LogP contribution in [0.4, 0.5) is 11.4 Å². The molecule has 0 unspecified atom stereocenters. The van der Waals surface area contributed by atoms with Gasteiger partial charge in [0.05, 0.1) is 17.2 Å². The zero-order chi connectivity index (χ0) is 20.1. The molecular formula is C21H22ClN3O3. The van der Waals surface area contributed by atoms with Gasteiger partial charge in [-0.1, -0.05) is 30.7 Å². The fourth-order valence-electron chi connectivity index (χ4n) is 3.11. The Morgan fingerprint density at radius 3 is 2.57 bits per heavy atom. The molecular weight excluding hydrogens is 378 g/mol. The monoisotopic (exact) mass is 399 g/mol. The number of nitrogens with one attached hydrogen (secondary N) is 2. The zero-order valence-corrected chi connectivity index (χ0v) is 16.3. The van der Waals surface area contributed by atoms with Crippen LogP contribution >= 0.6 is 11.6 Å². The maximum Gasteiger partial charge on any atom is 0.253 e. The highest BCUT2D eigenvalue weighted by Crippen LogP contribution is 2.27. The smallest absolute Gasteiger partial charge is 0.253 e. The largest absolute Gasteiger partial charge is 0.352 e. The molecule has 3 rings (SSSR count). The molecule has 1 atom stereocenters. The van der Waals surface area contributed by atoms with E-state index in [1.54, 1.807) is 53.4 Å². The summed E-state index contributed by atoms with van der Waals surface area (Å²) in [5.74, 6) is -1.12. The molecule has 2 aromatic carbocycles. The number of benzene rings is 2. The highest BCUT2D eigenvalue weighted by molar-refractivity contribution is 6.30. The number of amides is 3. The molecule has 2 aromatic rings. The zero-order valence-electron chi connectivity index (χ0n) is 15.6. The van der Waals surface area contributed by atoms with Crippen molar-refractivity contribution in [2.45, 2.75) is 19.8 Å². The predicted molar refractivity (Wildman–Crippen MR) is 110 cm³/mol. The van der Waals surface area contributed by atoms with Gasteiger partial charge in [0.25, 0.3) is 5.91 Å². The van der Waals surface area contributed by atoms with Gasteiger partial charge in [-0.15, -0.1) is 0 Å². The van der Waals surface area contributed by atoms with E-state index in [-0.39, 0.29) is 30.7 Å². The van der Waals surface area contributed by atoms with E-state index in [1.165, 1.54) is 0 Å². The van der Waals surface area contributed by atoms with E-state index in [9.17, 15) is 14.4 Å². The van der Waals surface area contributed by atoms with Crippen LogP contribution in [0.25, 0.3) is 0 Å². The number of halogens is 1. The molecule has 1 fully saturated rings. The number of nitrogens with zero attached hydrogens (tertiary/aromatic N) is 1. The van der Waals surface area contributed by atoms with Gasteiger partial charge in [-0.2, -0.15) is 0 Å². The molecule has 1 heterocycles. The summed E-state index contributed by atoms with van der Waals surface area (Å²) in [6.45, 7) is 2.82. The fraction of sp³-hybridized carbons (Fsp3) is 0.286. The number of carbonyl (C=O) groups is 3. The third kappa shape index (κ3) is 4.51. The van der Waals surface area contributed by atoms with Crippen LogP contribution in [0, 0.1) is 5.92 Å². The van der Waals surface area contributed by atoms with Gasteiger partial charge >= 0.3 is 0 Å². The summed E-state index contributed by atoms with van der Waals surface area (Å²) in [6.07, 6.45) is 0.948. The summed E-state index contributed by atoms with van der Waals surface area (Å²) >= 11 is 5.90. The van der Waals surface area contributed by atoms with Crippen LogP contribution in [0.1, 0.15) is 30.1 Å². The molecule has 0 spiro atoms. The van der Waals surface area contributed by atoms with Crippen molar-refractivity contribution in [1.82, 2.24) is 5.32 Å². The van der Waals surface area contributed by atoms with Crippen LogP contribution in [0.3, 0.4) is 0 Å². The van der Waals surface area contributed by atoms with Gasteiger partial charge in [0.1, 0.15) is 0 Å².